The molecule has 0 atom stereocenters. The molecule has 3 heterocycles. The third-order valence-electron chi connectivity index (χ3n) is 4.06. The molecule has 4 aromatic rings. The van der Waals surface area contributed by atoms with Gasteiger partial charge in [0.2, 0.25) is 0 Å². The van der Waals surface area contributed by atoms with E-state index < -0.39 is 0 Å². The molecule has 4 rings (SSSR count). The number of carbonyl (C=O) groups excluding carboxylic acids is 1. The second kappa shape index (κ2) is 6.85. The van der Waals surface area contributed by atoms with Crippen LogP contribution in [-0.2, 0) is 13.5 Å². The van der Waals surface area contributed by atoms with E-state index in [0.29, 0.717) is 5.75 Å². The zero-order valence-corrected chi connectivity index (χ0v) is 15.2. The molecule has 0 bridgehead atoms. The summed E-state index contributed by atoms with van der Waals surface area (Å²) in [6.45, 7) is 0. The van der Waals surface area contributed by atoms with E-state index in [2.05, 4.69) is 26.6 Å². The van der Waals surface area contributed by atoms with Gasteiger partial charge in [0.1, 0.15) is 5.82 Å². The normalized spacial score (nSPS) is 11.2. The molecule has 0 spiro atoms. The fourth-order valence-electron chi connectivity index (χ4n) is 2.70. The van der Waals surface area contributed by atoms with Crippen molar-refractivity contribution in [2.24, 2.45) is 7.05 Å². The van der Waals surface area contributed by atoms with Crippen LogP contribution in [0.15, 0.2) is 53.1 Å². The van der Waals surface area contributed by atoms with E-state index in [1.807, 2.05) is 41.9 Å². The second-order valence-electron chi connectivity index (χ2n) is 5.67. The van der Waals surface area contributed by atoms with Gasteiger partial charge < -0.3 is 9.55 Å². The minimum Gasteiger partial charge on any atom is -0.360 e. The Morgan fingerprint density at radius 2 is 2.12 bits per heavy atom. The number of aromatic amines is 1. The summed E-state index contributed by atoms with van der Waals surface area (Å²) in [7, 11) is 1.95. The van der Waals surface area contributed by atoms with Crippen molar-refractivity contribution in [3.63, 3.8) is 0 Å². The van der Waals surface area contributed by atoms with Crippen LogP contribution in [0, 0.1) is 0 Å². The average molecular weight is 368 g/mol. The highest BCUT2D eigenvalue weighted by molar-refractivity contribution is 7.99. The number of benzene rings is 1. The number of hydrogen-bond donors (Lipinski definition) is 1. The van der Waals surface area contributed by atoms with E-state index in [-0.39, 0.29) is 5.78 Å². The van der Waals surface area contributed by atoms with Gasteiger partial charge >= 0.3 is 0 Å². The fourth-order valence-corrected chi connectivity index (χ4v) is 4.22. The van der Waals surface area contributed by atoms with Crippen molar-refractivity contribution in [3.8, 4) is 0 Å². The number of thiophene rings is 1. The number of ketones is 1. The Morgan fingerprint density at radius 3 is 2.96 bits per heavy atom. The quantitative estimate of drug-likeness (QED) is 0.414. The summed E-state index contributed by atoms with van der Waals surface area (Å²) in [5.41, 5.74) is 1.71. The van der Waals surface area contributed by atoms with Gasteiger partial charge in [-0.15, -0.1) is 21.5 Å². The number of hydrogen-bond acceptors (Lipinski definition) is 5. The Kier molecular flexibility index (Phi) is 4.42. The highest BCUT2D eigenvalue weighted by Crippen LogP contribution is 2.23. The number of thioether (sulfide) groups is 1. The van der Waals surface area contributed by atoms with E-state index in [0.717, 1.165) is 33.9 Å². The average Bonchev–Trinajstić information content (AvgIpc) is 3.35. The van der Waals surface area contributed by atoms with Gasteiger partial charge in [-0.3, -0.25) is 4.79 Å². The van der Waals surface area contributed by atoms with Crippen LogP contribution in [0.2, 0.25) is 0 Å². The lowest BCUT2D eigenvalue weighted by Crippen LogP contribution is -2.04. The largest absolute Gasteiger partial charge is 0.360 e. The van der Waals surface area contributed by atoms with E-state index >= 15 is 0 Å². The van der Waals surface area contributed by atoms with Gasteiger partial charge in [-0.25, -0.2) is 0 Å². The third-order valence-corrected chi connectivity index (χ3v) is 5.96. The molecule has 0 aliphatic rings. The van der Waals surface area contributed by atoms with Crippen molar-refractivity contribution in [2.75, 3.05) is 5.75 Å². The van der Waals surface area contributed by atoms with Gasteiger partial charge in [0.25, 0.3) is 0 Å². The molecule has 7 heteroatoms. The number of nitrogens with one attached hydrogen (secondary N) is 1. The number of nitrogens with zero attached hydrogens (tertiary/aromatic N) is 3. The molecule has 0 aliphatic heterocycles. The van der Waals surface area contributed by atoms with E-state index in [4.69, 9.17) is 0 Å². The summed E-state index contributed by atoms with van der Waals surface area (Å²) >= 11 is 3.13. The third kappa shape index (κ3) is 3.25. The van der Waals surface area contributed by atoms with Crippen LogP contribution in [0.5, 0.6) is 0 Å². The van der Waals surface area contributed by atoms with Crippen molar-refractivity contribution in [2.45, 2.75) is 11.6 Å². The van der Waals surface area contributed by atoms with E-state index in [1.54, 1.807) is 17.5 Å². The summed E-state index contributed by atoms with van der Waals surface area (Å²) in [5.74, 6) is 1.34. The zero-order chi connectivity index (χ0) is 17.2. The molecule has 0 saturated heterocycles. The first kappa shape index (κ1) is 16.1. The Balaban J connectivity index is 1.46. The molecule has 3 aromatic heterocycles. The minimum atomic E-state index is 0.0882. The predicted octanol–water partition coefficient (Wildman–Crippen LogP) is 3.92. The number of aromatic nitrogens is 4. The molecule has 25 heavy (non-hydrogen) atoms. The summed E-state index contributed by atoms with van der Waals surface area (Å²) in [5, 5.41) is 12.3. The molecule has 1 aromatic carbocycles. The van der Waals surface area contributed by atoms with Gasteiger partial charge in [-0.1, -0.05) is 36.0 Å². The van der Waals surface area contributed by atoms with E-state index in [9.17, 15) is 4.79 Å². The van der Waals surface area contributed by atoms with Crippen LogP contribution in [0.4, 0.5) is 0 Å². The van der Waals surface area contributed by atoms with Crippen LogP contribution in [0.1, 0.15) is 21.1 Å². The van der Waals surface area contributed by atoms with Gasteiger partial charge in [-0.05, 0) is 17.5 Å². The first-order chi connectivity index (χ1) is 12.2. The van der Waals surface area contributed by atoms with Gasteiger partial charge in [0, 0.05) is 41.0 Å². The molecule has 0 fully saturated rings. The number of fused-ring (bicyclic) bond motifs is 1. The first-order valence-corrected chi connectivity index (χ1v) is 9.71. The maximum Gasteiger partial charge on any atom is 0.191 e. The number of H-pyrrole nitrogens is 1. The van der Waals surface area contributed by atoms with Crippen molar-refractivity contribution in [3.05, 3.63) is 64.2 Å². The van der Waals surface area contributed by atoms with Crippen molar-refractivity contribution < 1.29 is 4.79 Å². The fraction of sp³-hybridized carbons (Fsp3) is 0.167. The van der Waals surface area contributed by atoms with Crippen LogP contribution < -0.4 is 0 Å². The Morgan fingerprint density at radius 1 is 1.24 bits per heavy atom. The molecule has 0 saturated carbocycles. The minimum absolute atomic E-state index is 0.0882. The Hall–Kier alpha value is -2.38. The lowest BCUT2D eigenvalue weighted by molar-refractivity contribution is 0.102. The number of para-hydroxylation sites is 1. The maximum atomic E-state index is 12.6. The standard InChI is InChI=1S/C18H16N4OS2/c1-22-17(9-12-5-4-8-24-12)20-21-18(22)25-11-16(23)14-10-19-15-7-3-2-6-13(14)15/h2-8,10,19H,9,11H2,1H3. The molecular weight excluding hydrogens is 352 g/mol. The molecule has 0 radical (unpaired) electrons. The predicted molar refractivity (Wildman–Crippen MR) is 101 cm³/mol. The van der Waals surface area contributed by atoms with Crippen molar-refractivity contribution in [1.29, 1.82) is 0 Å². The van der Waals surface area contributed by atoms with Gasteiger partial charge in [0.15, 0.2) is 10.9 Å². The number of rotatable bonds is 6. The molecule has 1 N–H and O–H groups in total. The lowest BCUT2D eigenvalue weighted by atomic mass is 10.1. The molecule has 0 unspecified atom stereocenters. The molecular formula is C18H16N4OS2. The van der Waals surface area contributed by atoms with Gasteiger partial charge in [0.05, 0.1) is 5.75 Å². The smallest absolute Gasteiger partial charge is 0.191 e. The summed E-state index contributed by atoms with van der Waals surface area (Å²) < 4.78 is 1.97. The first-order valence-electron chi connectivity index (χ1n) is 7.85. The van der Waals surface area contributed by atoms with Crippen LogP contribution in [0.3, 0.4) is 0 Å². The second-order valence-corrected chi connectivity index (χ2v) is 7.65. The van der Waals surface area contributed by atoms with Gasteiger partial charge in [-0.2, -0.15) is 0 Å². The summed E-state index contributed by atoms with van der Waals surface area (Å²) in [6.07, 6.45) is 2.55. The van der Waals surface area contributed by atoms with Crippen molar-refractivity contribution >= 4 is 39.8 Å². The van der Waals surface area contributed by atoms with Crippen LogP contribution in [-0.4, -0.2) is 31.3 Å². The summed E-state index contributed by atoms with van der Waals surface area (Å²) in [4.78, 5) is 17.0. The molecule has 126 valence electrons. The van der Waals surface area contributed by atoms with Crippen LogP contribution >= 0.6 is 23.1 Å². The number of Topliss-reactive ketones (excluding diaryl/α,β-unsaturated/α-hetero) is 1. The zero-order valence-electron chi connectivity index (χ0n) is 13.6. The Bertz CT molecular complexity index is 1020. The monoisotopic (exact) mass is 368 g/mol. The topological polar surface area (TPSA) is 63.6 Å². The number of carbonyl (C=O) groups is 1. The summed E-state index contributed by atoms with van der Waals surface area (Å²) in [6, 6.07) is 12.0. The van der Waals surface area contributed by atoms with Crippen LogP contribution in [0.25, 0.3) is 10.9 Å². The SMILES string of the molecule is Cn1c(Cc2cccs2)nnc1SCC(=O)c1c[nH]c2ccccc12. The van der Waals surface area contributed by atoms with Crippen molar-refractivity contribution in [1.82, 2.24) is 19.7 Å². The highest BCUT2D eigenvalue weighted by atomic mass is 32.2. The maximum absolute atomic E-state index is 12.6. The molecule has 0 aliphatic carbocycles. The molecule has 0 amide bonds. The van der Waals surface area contributed by atoms with E-state index in [1.165, 1.54) is 16.6 Å². The highest BCUT2D eigenvalue weighted by Gasteiger charge is 2.15. The Labute approximate surface area is 153 Å². The molecule has 5 nitrogen and oxygen atoms in total. The lowest BCUT2D eigenvalue weighted by Gasteiger charge is -2.03.